The molecule has 0 atom stereocenters. The van der Waals surface area contributed by atoms with Gasteiger partial charge in [-0.3, -0.25) is 10.1 Å². The number of rotatable bonds is 7. The molecule has 9 heteroatoms. The van der Waals surface area contributed by atoms with Gasteiger partial charge in [-0.15, -0.1) is 0 Å². The van der Waals surface area contributed by atoms with Gasteiger partial charge < -0.3 is 14.8 Å². The van der Waals surface area contributed by atoms with Crippen molar-refractivity contribution < 1.29 is 23.9 Å². The molecule has 2 N–H and O–H groups in total. The Balaban J connectivity index is 1.60. The van der Waals surface area contributed by atoms with Crippen LogP contribution in [0.2, 0.25) is 5.02 Å². The van der Waals surface area contributed by atoms with E-state index in [2.05, 4.69) is 26.6 Å². The van der Waals surface area contributed by atoms with Crippen molar-refractivity contribution in [2.24, 2.45) is 0 Å². The molecule has 0 unspecified atom stereocenters. The Morgan fingerprint density at radius 3 is 2.29 bits per heavy atom. The van der Waals surface area contributed by atoms with Crippen molar-refractivity contribution in [3.63, 3.8) is 0 Å². The lowest BCUT2D eigenvalue weighted by molar-refractivity contribution is 0.0523. The van der Waals surface area contributed by atoms with Crippen LogP contribution in [-0.4, -0.2) is 24.5 Å². The summed E-state index contributed by atoms with van der Waals surface area (Å²) in [4.78, 5) is 37.7. The Bertz CT molecular complexity index is 1490. The molecule has 4 aromatic rings. The molecular weight excluding hydrogens is 572 g/mol. The lowest BCUT2D eigenvalue weighted by Gasteiger charge is -2.16. The number of carbonyl (C=O) groups is 3. The zero-order chi connectivity index (χ0) is 27.1. The summed E-state index contributed by atoms with van der Waals surface area (Å²) in [6.45, 7) is 1.84. The molecule has 0 radical (unpaired) electrons. The monoisotopic (exact) mass is 592 g/mol. The van der Waals surface area contributed by atoms with Crippen LogP contribution in [0.1, 0.15) is 27.6 Å². The number of esters is 1. The van der Waals surface area contributed by atoms with Crippen molar-refractivity contribution in [1.29, 1.82) is 0 Å². The van der Waals surface area contributed by atoms with Crippen LogP contribution in [0.3, 0.4) is 0 Å². The maximum atomic E-state index is 12.8. The zero-order valence-corrected chi connectivity index (χ0v) is 22.5. The summed E-state index contributed by atoms with van der Waals surface area (Å²) in [5, 5.41) is 4.99. The number of amides is 3. The Morgan fingerprint density at radius 2 is 1.55 bits per heavy atom. The maximum Gasteiger partial charge on any atom is 0.342 e. The molecule has 0 heterocycles. The molecule has 0 spiro atoms. The Labute approximate surface area is 232 Å². The van der Waals surface area contributed by atoms with E-state index < -0.39 is 17.9 Å². The maximum absolute atomic E-state index is 12.8. The van der Waals surface area contributed by atoms with Gasteiger partial charge in [0.05, 0.1) is 17.2 Å². The molecule has 0 aliphatic heterocycles. The molecule has 0 saturated carbocycles. The van der Waals surface area contributed by atoms with Crippen LogP contribution in [0.25, 0.3) is 11.1 Å². The molecule has 38 heavy (non-hydrogen) atoms. The highest BCUT2D eigenvalue weighted by molar-refractivity contribution is 9.10. The molecule has 192 valence electrons. The van der Waals surface area contributed by atoms with E-state index in [1.54, 1.807) is 43.3 Å². The summed E-state index contributed by atoms with van der Waals surface area (Å²) < 4.78 is 12.3. The number of halogens is 2. The molecule has 4 aromatic carbocycles. The van der Waals surface area contributed by atoms with Gasteiger partial charge in [-0.1, -0.05) is 70.0 Å². The molecule has 7 nitrogen and oxygen atoms in total. The Kier molecular flexibility index (Phi) is 8.78. The smallest absolute Gasteiger partial charge is 0.342 e. The number of benzene rings is 4. The van der Waals surface area contributed by atoms with Gasteiger partial charge in [0.25, 0.3) is 5.91 Å². The van der Waals surface area contributed by atoms with E-state index in [9.17, 15) is 14.4 Å². The van der Waals surface area contributed by atoms with Crippen LogP contribution in [0.4, 0.5) is 10.5 Å². The van der Waals surface area contributed by atoms with Crippen molar-refractivity contribution in [3.05, 3.63) is 112 Å². The summed E-state index contributed by atoms with van der Waals surface area (Å²) in [6.07, 6.45) is 0. The first-order chi connectivity index (χ1) is 18.4. The number of nitrogens with one attached hydrogen (secondary N) is 2. The standard InChI is InChI=1S/C29H22BrClN2O5/c1-2-37-28(35)23-17-20(32-29(36)33-27(34)21-10-6-7-11-24(21)31)13-15-26(23)38-25-14-12-19(30)16-22(25)18-8-4-3-5-9-18/h3-17H,2H2,1H3,(H2,32,33,34,36). The summed E-state index contributed by atoms with van der Waals surface area (Å²) in [5.74, 6) is -0.533. The molecule has 0 saturated heterocycles. The number of hydrogen-bond donors (Lipinski definition) is 2. The first-order valence-electron chi connectivity index (χ1n) is 11.6. The Morgan fingerprint density at radius 1 is 0.842 bits per heavy atom. The third-order valence-corrected chi connectivity index (χ3v) is 6.15. The van der Waals surface area contributed by atoms with Gasteiger partial charge in [0.1, 0.15) is 17.1 Å². The molecular formula is C29H22BrClN2O5. The van der Waals surface area contributed by atoms with Gasteiger partial charge in [0.15, 0.2) is 0 Å². The van der Waals surface area contributed by atoms with Crippen molar-refractivity contribution >= 4 is 51.1 Å². The third-order valence-electron chi connectivity index (χ3n) is 5.32. The van der Waals surface area contributed by atoms with E-state index in [0.717, 1.165) is 15.6 Å². The predicted octanol–water partition coefficient (Wildman–Crippen LogP) is 7.70. The normalized spacial score (nSPS) is 10.4. The second-order valence-corrected chi connectivity index (χ2v) is 9.25. The van der Waals surface area contributed by atoms with Gasteiger partial charge in [0, 0.05) is 15.7 Å². The lowest BCUT2D eigenvalue weighted by atomic mass is 10.0. The first-order valence-corrected chi connectivity index (χ1v) is 12.7. The highest BCUT2D eigenvalue weighted by Gasteiger charge is 2.19. The van der Waals surface area contributed by atoms with E-state index >= 15 is 0 Å². The topological polar surface area (TPSA) is 93.7 Å². The second kappa shape index (κ2) is 12.4. The van der Waals surface area contributed by atoms with Crippen molar-refractivity contribution in [1.82, 2.24) is 5.32 Å². The van der Waals surface area contributed by atoms with Crippen molar-refractivity contribution in [2.75, 3.05) is 11.9 Å². The molecule has 3 amide bonds. The summed E-state index contributed by atoms with van der Waals surface area (Å²) in [7, 11) is 0. The first kappa shape index (κ1) is 26.9. The zero-order valence-electron chi connectivity index (χ0n) is 20.2. The van der Waals surface area contributed by atoms with Crippen LogP contribution in [0.15, 0.2) is 95.5 Å². The summed E-state index contributed by atoms with van der Waals surface area (Å²) >= 11 is 9.53. The van der Waals surface area contributed by atoms with Crippen LogP contribution in [0.5, 0.6) is 11.5 Å². The largest absolute Gasteiger partial charge is 0.462 e. The number of ether oxygens (including phenoxy) is 2. The van der Waals surface area contributed by atoms with Gasteiger partial charge in [-0.05, 0) is 61.0 Å². The van der Waals surface area contributed by atoms with Gasteiger partial charge in [-0.2, -0.15) is 0 Å². The highest BCUT2D eigenvalue weighted by Crippen LogP contribution is 2.37. The quantitative estimate of drug-likeness (QED) is 0.214. The van der Waals surface area contributed by atoms with Crippen LogP contribution < -0.4 is 15.4 Å². The average molecular weight is 594 g/mol. The minimum Gasteiger partial charge on any atom is -0.462 e. The van der Waals surface area contributed by atoms with Crippen LogP contribution in [-0.2, 0) is 4.74 Å². The van der Waals surface area contributed by atoms with Gasteiger partial charge in [0.2, 0.25) is 0 Å². The number of hydrogen-bond acceptors (Lipinski definition) is 5. The molecule has 0 aromatic heterocycles. The molecule has 4 rings (SSSR count). The van der Waals surface area contributed by atoms with Crippen LogP contribution in [0, 0.1) is 0 Å². The van der Waals surface area contributed by atoms with E-state index in [4.69, 9.17) is 21.1 Å². The molecule has 0 aliphatic rings. The minimum atomic E-state index is -0.794. The van der Waals surface area contributed by atoms with E-state index in [-0.39, 0.29) is 34.2 Å². The van der Waals surface area contributed by atoms with Crippen molar-refractivity contribution in [2.45, 2.75) is 6.92 Å². The lowest BCUT2D eigenvalue weighted by Crippen LogP contribution is -2.34. The fourth-order valence-corrected chi connectivity index (χ4v) is 4.18. The predicted molar refractivity (Wildman–Crippen MR) is 150 cm³/mol. The third kappa shape index (κ3) is 6.59. The average Bonchev–Trinajstić information content (AvgIpc) is 2.91. The minimum absolute atomic E-state index is 0.101. The Hall–Kier alpha value is -4.14. The number of carbonyl (C=O) groups excluding carboxylic acids is 3. The number of urea groups is 1. The van der Waals surface area contributed by atoms with E-state index in [1.165, 1.54) is 12.1 Å². The second-order valence-electron chi connectivity index (χ2n) is 7.93. The highest BCUT2D eigenvalue weighted by atomic mass is 79.9. The van der Waals surface area contributed by atoms with Crippen molar-refractivity contribution in [3.8, 4) is 22.6 Å². The summed E-state index contributed by atoms with van der Waals surface area (Å²) in [5.41, 5.74) is 2.26. The van der Waals surface area contributed by atoms with E-state index in [1.807, 2.05) is 42.5 Å². The van der Waals surface area contributed by atoms with Crippen LogP contribution >= 0.6 is 27.5 Å². The summed E-state index contributed by atoms with van der Waals surface area (Å²) in [6, 6.07) is 25.3. The van der Waals surface area contributed by atoms with E-state index in [0.29, 0.717) is 5.75 Å². The molecule has 0 fully saturated rings. The van der Waals surface area contributed by atoms with Gasteiger partial charge >= 0.3 is 12.0 Å². The number of imide groups is 1. The fourth-order valence-electron chi connectivity index (χ4n) is 3.60. The van der Waals surface area contributed by atoms with Gasteiger partial charge in [-0.25, -0.2) is 9.59 Å². The SMILES string of the molecule is CCOC(=O)c1cc(NC(=O)NC(=O)c2ccccc2Cl)ccc1Oc1ccc(Br)cc1-c1ccccc1. The fraction of sp³-hybridized carbons (Fsp3) is 0.0690. The molecule has 0 aliphatic carbocycles. The molecule has 0 bridgehead atoms. The number of anilines is 1.